The number of carbonyl (C=O) groups excluding carboxylic acids is 2. The lowest BCUT2D eigenvalue weighted by molar-refractivity contribution is -0.122. The molecule has 1 aliphatic carbocycles. The van der Waals surface area contributed by atoms with Gasteiger partial charge in [0.25, 0.3) is 0 Å². The third-order valence-corrected chi connectivity index (χ3v) is 4.46. The smallest absolute Gasteiger partial charge is 0.228 e. The SMILES string of the molecule is COc1ccc(NC(=O)C2CC2C(=O)Nc2cccc(C)c2)cc1Cl. The zero-order valence-electron chi connectivity index (χ0n) is 14.0. The van der Waals surface area contributed by atoms with Crippen molar-refractivity contribution in [2.24, 2.45) is 11.8 Å². The number of carbonyl (C=O) groups is 2. The molecular formula is C19H19ClN2O3. The molecule has 0 aromatic heterocycles. The number of hydrogen-bond acceptors (Lipinski definition) is 3. The van der Waals surface area contributed by atoms with Gasteiger partial charge in [-0.05, 0) is 49.2 Å². The van der Waals surface area contributed by atoms with E-state index in [0.717, 1.165) is 11.3 Å². The van der Waals surface area contributed by atoms with E-state index in [-0.39, 0.29) is 23.7 Å². The maximum absolute atomic E-state index is 12.3. The standard InChI is InChI=1S/C19H19ClN2O3/c1-11-4-3-5-12(8-11)21-18(23)14-10-15(14)19(24)22-13-6-7-17(25-2)16(20)9-13/h3-9,14-15H,10H2,1-2H3,(H,21,23)(H,22,24). The van der Waals surface area contributed by atoms with Gasteiger partial charge < -0.3 is 15.4 Å². The molecule has 25 heavy (non-hydrogen) atoms. The second-order valence-electron chi connectivity index (χ2n) is 6.15. The Hall–Kier alpha value is -2.53. The van der Waals surface area contributed by atoms with Crippen molar-refractivity contribution in [3.8, 4) is 5.75 Å². The topological polar surface area (TPSA) is 67.4 Å². The molecule has 0 bridgehead atoms. The third kappa shape index (κ3) is 4.12. The van der Waals surface area contributed by atoms with Gasteiger partial charge in [-0.3, -0.25) is 9.59 Å². The number of benzene rings is 2. The molecule has 0 aliphatic heterocycles. The Kier molecular flexibility index (Phi) is 4.95. The van der Waals surface area contributed by atoms with E-state index in [1.807, 2.05) is 31.2 Å². The van der Waals surface area contributed by atoms with E-state index in [0.29, 0.717) is 22.9 Å². The summed E-state index contributed by atoms with van der Waals surface area (Å²) in [6.45, 7) is 1.96. The lowest BCUT2D eigenvalue weighted by Crippen LogP contribution is -2.20. The lowest BCUT2D eigenvalue weighted by atomic mass is 10.2. The second-order valence-corrected chi connectivity index (χ2v) is 6.55. The quantitative estimate of drug-likeness (QED) is 0.852. The first kappa shape index (κ1) is 17.3. The summed E-state index contributed by atoms with van der Waals surface area (Å²) in [7, 11) is 1.53. The number of rotatable bonds is 5. The number of aryl methyl sites for hydroxylation is 1. The third-order valence-electron chi connectivity index (χ3n) is 4.17. The molecule has 5 nitrogen and oxygen atoms in total. The Bertz CT molecular complexity index is 822. The predicted octanol–water partition coefficient (Wildman–Crippen LogP) is 3.87. The fourth-order valence-electron chi connectivity index (χ4n) is 2.71. The van der Waals surface area contributed by atoms with Gasteiger partial charge in [-0.2, -0.15) is 0 Å². The summed E-state index contributed by atoms with van der Waals surface area (Å²) in [6.07, 6.45) is 0.549. The number of ether oxygens (including phenoxy) is 1. The van der Waals surface area contributed by atoms with E-state index < -0.39 is 0 Å². The van der Waals surface area contributed by atoms with Gasteiger partial charge in [0.15, 0.2) is 0 Å². The van der Waals surface area contributed by atoms with Crippen LogP contribution in [0.15, 0.2) is 42.5 Å². The summed E-state index contributed by atoms with van der Waals surface area (Å²) in [5, 5.41) is 6.08. The van der Waals surface area contributed by atoms with Crippen molar-refractivity contribution in [1.29, 1.82) is 0 Å². The van der Waals surface area contributed by atoms with E-state index in [4.69, 9.17) is 16.3 Å². The minimum atomic E-state index is -0.314. The Morgan fingerprint density at radius 3 is 2.24 bits per heavy atom. The number of anilines is 2. The van der Waals surface area contributed by atoms with Crippen LogP contribution in [0, 0.1) is 18.8 Å². The minimum absolute atomic E-state index is 0.126. The first-order valence-corrected chi connectivity index (χ1v) is 8.37. The summed E-state index contributed by atoms with van der Waals surface area (Å²) in [6, 6.07) is 12.6. The average Bonchev–Trinajstić information content (AvgIpc) is 3.36. The molecule has 0 spiro atoms. The predicted molar refractivity (Wildman–Crippen MR) is 98.0 cm³/mol. The fourth-order valence-corrected chi connectivity index (χ4v) is 2.97. The summed E-state index contributed by atoms with van der Waals surface area (Å²) < 4.78 is 5.08. The summed E-state index contributed by atoms with van der Waals surface area (Å²) in [5.74, 6) is -0.370. The maximum Gasteiger partial charge on any atom is 0.228 e. The zero-order valence-corrected chi connectivity index (χ0v) is 14.8. The molecule has 2 amide bonds. The highest BCUT2D eigenvalue weighted by atomic mass is 35.5. The van der Waals surface area contributed by atoms with Gasteiger partial charge in [-0.25, -0.2) is 0 Å². The molecule has 1 saturated carbocycles. The fraction of sp³-hybridized carbons (Fsp3) is 0.263. The molecule has 1 aliphatic rings. The van der Waals surface area contributed by atoms with Crippen LogP contribution in [0.2, 0.25) is 5.02 Å². The van der Waals surface area contributed by atoms with Crippen molar-refractivity contribution in [2.45, 2.75) is 13.3 Å². The van der Waals surface area contributed by atoms with Crippen molar-refractivity contribution in [1.82, 2.24) is 0 Å². The van der Waals surface area contributed by atoms with Gasteiger partial charge in [-0.1, -0.05) is 23.7 Å². The zero-order chi connectivity index (χ0) is 18.0. The molecule has 130 valence electrons. The summed E-state index contributed by atoms with van der Waals surface area (Å²) in [4.78, 5) is 24.6. The second kappa shape index (κ2) is 7.15. The number of methoxy groups -OCH3 is 1. The molecule has 2 aromatic carbocycles. The minimum Gasteiger partial charge on any atom is -0.495 e. The van der Waals surface area contributed by atoms with Gasteiger partial charge in [0.05, 0.1) is 24.0 Å². The summed E-state index contributed by atoms with van der Waals surface area (Å²) >= 11 is 6.05. The summed E-state index contributed by atoms with van der Waals surface area (Å²) in [5.41, 5.74) is 2.40. The van der Waals surface area contributed by atoms with Crippen LogP contribution in [0.1, 0.15) is 12.0 Å². The van der Waals surface area contributed by atoms with Crippen LogP contribution in [0.25, 0.3) is 0 Å². The van der Waals surface area contributed by atoms with Gasteiger partial charge in [-0.15, -0.1) is 0 Å². The van der Waals surface area contributed by atoms with Crippen molar-refractivity contribution in [3.05, 3.63) is 53.1 Å². The van der Waals surface area contributed by atoms with Crippen molar-refractivity contribution in [2.75, 3.05) is 17.7 Å². The maximum atomic E-state index is 12.3. The molecule has 3 rings (SSSR count). The van der Waals surface area contributed by atoms with Crippen LogP contribution >= 0.6 is 11.6 Å². The molecule has 2 N–H and O–H groups in total. The molecule has 2 atom stereocenters. The van der Waals surface area contributed by atoms with Crippen LogP contribution in [-0.4, -0.2) is 18.9 Å². The normalized spacial score (nSPS) is 18.4. The highest BCUT2D eigenvalue weighted by Crippen LogP contribution is 2.40. The van der Waals surface area contributed by atoms with Crippen molar-refractivity contribution < 1.29 is 14.3 Å². The molecule has 0 radical (unpaired) electrons. The van der Waals surface area contributed by atoms with E-state index in [1.54, 1.807) is 18.2 Å². The van der Waals surface area contributed by atoms with E-state index in [1.165, 1.54) is 7.11 Å². The average molecular weight is 359 g/mol. The highest BCUT2D eigenvalue weighted by molar-refractivity contribution is 6.32. The first-order valence-electron chi connectivity index (χ1n) is 8.00. The monoisotopic (exact) mass is 358 g/mol. The Morgan fingerprint density at radius 2 is 1.68 bits per heavy atom. The van der Waals surface area contributed by atoms with Crippen molar-refractivity contribution in [3.63, 3.8) is 0 Å². The van der Waals surface area contributed by atoms with Crippen LogP contribution in [0.3, 0.4) is 0 Å². The van der Waals surface area contributed by atoms with Gasteiger partial charge >= 0.3 is 0 Å². The Balaban J connectivity index is 1.56. The number of halogens is 1. The molecule has 0 saturated heterocycles. The molecule has 0 heterocycles. The molecule has 1 fully saturated rings. The molecular weight excluding hydrogens is 340 g/mol. The van der Waals surface area contributed by atoms with Gasteiger partial charge in [0.2, 0.25) is 11.8 Å². The van der Waals surface area contributed by atoms with Gasteiger partial charge in [0.1, 0.15) is 5.75 Å². The number of amides is 2. The number of nitrogens with one attached hydrogen (secondary N) is 2. The Morgan fingerprint density at radius 1 is 1.04 bits per heavy atom. The van der Waals surface area contributed by atoms with Crippen LogP contribution in [0.4, 0.5) is 11.4 Å². The van der Waals surface area contributed by atoms with E-state index >= 15 is 0 Å². The number of hydrogen-bond donors (Lipinski definition) is 2. The highest BCUT2D eigenvalue weighted by Gasteiger charge is 2.48. The van der Waals surface area contributed by atoms with E-state index in [9.17, 15) is 9.59 Å². The molecule has 2 aromatic rings. The van der Waals surface area contributed by atoms with Crippen LogP contribution in [0.5, 0.6) is 5.75 Å². The van der Waals surface area contributed by atoms with Crippen molar-refractivity contribution >= 4 is 34.8 Å². The molecule has 2 unspecified atom stereocenters. The largest absolute Gasteiger partial charge is 0.495 e. The first-order chi connectivity index (χ1) is 12.0. The van der Waals surface area contributed by atoms with Crippen LogP contribution < -0.4 is 15.4 Å². The lowest BCUT2D eigenvalue weighted by Gasteiger charge is -2.08. The van der Waals surface area contributed by atoms with E-state index in [2.05, 4.69) is 10.6 Å². The van der Waals surface area contributed by atoms with Crippen LogP contribution in [-0.2, 0) is 9.59 Å². The van der Waals surface area contributed by atoms with Gasteiger partial charge in [0, 0.05) is 11.4 Å². The Labute approximate surface area is 151 Å². The molecule has 6 heteroatoms.